The number of pyridine rings is 1. The van der Waals surface area contributed by atoms with Crippen LogP contribution in [-0.4, -0.2) is 17.6 Å². The number of aromatic nitrogens is 1. The first kappa shape index (κ1) is 10.5. The van der Waals surface area contributed by atoms with Gasteiger partial charge in [-0.3, -0.25) is 4.98 Å². The van der Waals surface area contributed by atoms with Crippen molar-refractivity contribution in [1.82, 2.24) is 4.98 Å². The fraction of sp³-hybridized carbons (Fsp3) is 0.429. The lowest BCUT2D eigenvalue weighted by Crippen LogP contribution is -2.06. The van der Waals surface area contributed by atoms with E-state index in [0.717, 1.165) is 23.6 Å². The lowest BCUT2D eigenvalue weighted by Gasteiger charge is -2.03. The summed E-state index contributed by atoms with van der Waals surface area (Å²) < 4.78 is 4.97. The van der Waals surface area contributed by atoms with Crippen molar-refractivity contribution in [3.8, 4) is 0 Å². The number of rotatable bonds is 3. The van der Waals surface area contributed by atoms with E-state index in [0.29, 0.717) is 12.2 Å². The van der Waals surface area contributed by atoms with E-state index in [1.54, 1.807) is 6.20 Å². The molecule has 0 aromatic carbocycles. The summed E-state index contributed by atoms with van der Waals surface area (Å²) in [5.41, 5.74) is 4.23. The quantitative estimate of drug-likeness (QED) is 0.748. The maximum absolute atomic E-state index is 11.6. The summed E-state index contributed by atoms with van der Waals surface area (Å²) in [6.45, 7) is 2.21. The van der Waals surface area contributed by atoms with Crippen LogP contribution in [0.4, 0.5) is 0 Å². The van der Waals surface area contributed by atoms with E-state index in [1.165, 1.54) is 18.4 Å². The molecule has 88 valence electrons. The highest BCUT2D eigenvalue weighted by atomic mass is 16.5. The largest absolute Gasteiger partial charge is 0.462 e. The van der Waals surface area contributed by atoms with Crippen LogP contribution in [0.2, 0.25) is 0 Å². The number of allylic oxidation sites excluding steroid dienone is 1. The third-order valence-electron chi connectivity index (χ3n) is 3.33. The van der Waals surface area contributed by atoms with Gasteiger partial charge in [-0.15, -0.1) is 0 Å². The highest BCUT2D eigenvalue weighted by molar-refractivity contribution is 5.90. The number of hydrogen-bond donors (Lipinski definition) is 0. The van der Waals surface area contributed by atoms with Crippen molar-refractivity contribution in [2.24, 2.45) is 5.92 Å². The average Bonchev–Trinajstić information content (AvgIpc) is 3.08. The molecule has 1 aromatic heterocycles. The molecule has 1 aromatic rings. The number of carbonyl (C=O) groups excluding carboxylic acids is 1. The maximum atomic E-state index is 11.6. The smallest absolute Gasteiger partial charge is 0.339 e. The first-order chi connectivity index (χ1) is 8.28. The fourth-order valence-electron chi connectivity index (χ4n) is 2.27. The van der Waals surface area contributed by atoms with Crippen LogP contribution >= 0.6 is 0 Å². The minimum Gasteiger partial charge on any atom is -0.462 e. The normalized spacial score (nSPS) is 17.6. The van der Waals surface area contributed by atoms with Gasteiger partial charge in [-0.25, -0.2) is 4.79 Å². The Morgan fingerprint density at radius 2 is 2.35 bits per heavy atom. The van der Waals surface area contributed by atoms with Crippen LogP contribution in [0.1, 0.15) is 41.4 Å². The Morgan fingerprint density at radius 1 is 1.53 bits per heavy atom. The number of esters is 1. The molecular weight excluding hydrogens is 214 g/mol. The van der Waals surface area contributed by atoms with Crippen molar-refractivity contribution in [1.29, 1.82) is 0 Å². The highest BCUT2D eigenvalue weighted by Crippen LogP contribution is 2.42. The fourth-order valence-corrected chi connectivity index (χ4v) is 2.27. The standard InChI is InChI=1S/C14H15NO2/c1-2-17-14(16)12-6-11-5-10(9-3-4-9)7-13(11)15-8-12/h5-6,8-9H,2-4,7H2,1H3. The van der Waals surface area contributed by atoms with E-state index in [-0.39, 0.29) is 5.97 Å². The average molecular weight is 229 g/mol. The van der Waals surface area contributed by atoms with Gasteiger partial charge in [0.2, 0.25) is 0 Å². The van der Waals surface area contributed by atoms with Crippen molar-refractivity contribution in [3.63, 3.8) is 0 Å². The van der Waals surface area contributed by atoms with Gasteiger partial charge in [0.1, 0.15) is 0 Å². The van der Waals surface area contributed by atoms with Gasteiger partial charge in [-0.2, -0.15) is 0 Å². The molecule has 1 saturated carbocycles. The number of carbonyl (C=O) groups is 1. The second-order valence-electron chi connectivity index (χ2n) is 4.65. The van der Waals surface area contributed by atoms with Crippen LogP contribution in [0, 0.1) is 5.92 Å². The molecule has 3 rings (SSSR count). The molecule has 0 saturated heterocycles. The van der Waals surface area contributed by atoms with Crippen LogP contribution in [0.25, 0.3) is 6.08 Å². The molecule has 0 bridgehead atoms. The van der Waals surface area contributed by atoms with E-state index < -0.39 is 0 Å². The Bertz CT molecular complexity index is 501. The van der Waals surface area contributed by atoms with E-state index >= 15 is 0 Å². The van der Waals surface area contributed by atoms with Crippen LogP contribution in [0.15, 0.2) is 17.8 Å². The molecule has 17 heavy (non-hydrogen) atoms. The van der Waals surface area contributed by atoms with Crippen LogP contribution < -0.4 is 0 Å². The minimum atomic E-state index is -0.281. The summed E-state index contributed by atoms with van der Waals surface area (Å²) in [5.74, 6) is 0.492. The molecule has 2 aliphatic carbocycles. The van der Waals surface area contributed by atoms with Gasteiger partial charge < -0.3 is 4.74 Å². The Balaban J connectivity index is 1.86. The van der Waals surface area contributed by atoms with Crippen molar-refractivity contribution >= 4 is 12.0 Å². The number of ether oxygens (including phenoxy) is 1. The lowest BCUT2D eigenvalue weighted by molar-refractivity contribution is 0.0526. The number of hydrogen-bond acceptors (Lipinski definition) is 3. The number of fused-ring (bicyclic) bond motifs is 1. The molecule has 0 N–H and O–H groups in total. The predicted octanol–water partition coefficient (Wildman–Crippen LogP) is 2.61. The van der Waals surface area contributed by atoms with Crippen molar-refractivity contribution in [3.05, 3.63) is 34.7 Å². The molecule has 0 aliphatic heterocycles. The molecule has 1 fully saturated rings. The first-order valence-corrected chi connectivity index (χ1v) is 6.14. The zero-order chi connectivity index (χ0) is 11.8. The third-order valence-corrected chi connectivity index (χ3v) is 3.33. The maximum Gasteiger partial charge on any atom is 0.339 e. The van der Waals surface area contributed by atoms with Gasteiger partial charge in [-0.1, -0.05) is 11.6 Å². The topological polar surface area (TPSA) is 39.2 Å². The summed E-state index contributed by atoms with van der Waals surface area (Å²) in [5, 5.41) is 0. The van der Waals surface area contributed by atoms with Crippen molar-refractivity contribution in [2.75, 3.05) is 6.61 Å². The Labute approximate surface area is 101 Å². The van der Waals surface area contributed by atoms with Gasteiger partial charge >= 0.3 is 5.97 Å². The molecule has 3 nitrogen and oxygen atoms in total. The van der Waals surface area contributed by atoms with Crippen molar-refractivity contribution in [2.45, 2.75) is 26.2 Å². The lowest BCUT2D eigenvalue weighted by atomic mass is 10.1. The van der Waals surface area contributed by atoms with Crippen LogP contribution in [0.3, 0.4) is 0 Å². The molecule has 0 amide bonds. The van der Waals surface area contributed by atoms with E-state index in [4.69, 9.17) is 4.74 Å². The molecular formula is C14H15NO2. The van der Waals surface area contributed by atoms with Gasteiger partial charge in [0.25, 0.3) is 0 Å². The summed E-state index contributed by atoms with van der Waals surface area (Å²) in [6.07, 6.45) is 7.40. The molecule has 0 unspecified atom stereocenters. The summed E-state index contributed by atoms with van der Waals surface area (Å²) >= 11 is 0. The van der Waals surface area contributed by atoms with E-state index in [2.05, 4.69) is 11.1 Å². The second kappa shape index (κ2) is 3.99. The minimum absolute atomic E-state index is 0.281. The highest BCUT2D eigenvalue weighted by Gasteiger charge is 2.29. The molecule has 3 heteroatoms. The van der Waals surface area contributed by atoms with Gasteiger partial charge in [0.05, 0.1) is 17.9 Å². The molecule has 2 aliphatic rings. The zero-order valence-corrected chi connectivity index (χ0v) is 9.90. The van der Waals surface area contributed by atoms with Gasteiger partial charge in [0.15, 0.2) is 0 Å². The van der Waals surface area contributed by atoms with Crippen molar-refractivity contribution < 1.29 is 9.53 Å². The van der Waals surface area contributed by atoms with Gasteiger partial charge in [-0.05, 0) is 37.3 Å². The van der Waals surface area contributed by atoms with E-state index in [1.807, 2.05) is 13.0 Å². The SMILES string of the molecule is CCOC(=O)c1cnc2c(c1)C=C(C1CC1)C2. The summed E-state index contributed by atoms with van der Waals surface area (Å²) in [7, 11) is 0. The Hall–Kier alpha value is -1.64. The second-order valence-corrected chi connectivity index (χ2v) is 4.65. The number of nitrogens with zero attached hydrogens (tertiary/aromatic N) is 1. The molecule has 0 radical (unpaired) electrons. The van der Waals surface area contributed by atoms with E-state index in [9.17, 15) is 4.79 Å². The Morgan fingerprint density at radius 3 is 3.06 bits per heavy atom. The monoisotopic (exact) mass is 229 g/mol. The first-order valence-electron chi connectivity index (χ1n) is 6.14. The van der Waals surface area contributed by atoms with Crippen LogP contribution in [0.5, 0.6) is 0 Å². The molecule has 1 heterocycles. The summed E-state index contributed by atoms with van der Waals surface area (Å²) in [6, 6.07) is 1.90. The summed E-state index contributed by atoms with van der Waals surface area (Å²) in [4.78, 5) is 16.0. The predicted molar refractivity (Wildman–Crippen MR) is 64.6 cm³/mol. The van der Waals surface area contributed by atoms with Gasteiger partial charge in [0, 0.05) is 12.6 Å². The van der Waals surface area contributed by atoms with Crippen LogP contribution in [-0.2, 0) is 11.2 Å². The molecule has 0 spiro atoms. The molecule has 0 atom stereocenters. The zero-order valence-electron chi connectivity index (χ0n) is 9.90. The third kappa shape index (κ3) is 1.97. The Kier molecular flexibility index (Phi) is 2.46.